The largest absolute Gasteiger partial charge is 0.491 e. The number of benzene rings is 1. The van der Waals surface area contributed by atoms with E-state index in [0.717, 1.165) is 30.8 Å². The molecule has 1 saturated heterocycles. The molecule has 0 aromatic heterocycles. The molecule has 0 aliphatic carbocycles. The molecule has 0 radical (unpaired) electrons. The number of β-amino-alcohol motifs (C(OH)–C–C–N with tert-alkyl or cyclic N) is 1. The number of ether oxygens (including phenoxy) is 1. The highest BCUT2D eigenvalue weighted by Crippen LogP contribution is 2.19. The van der Waals surface area contributed by atoms with Crippen LogP contribution in [0.25, 0.3) is 0 Å². The highest BCUT2D eigenvalue weighted by Gasteiger charge is 2.23. The molecule has 1 aromatic carbocycles. The molecule has 1 fully saturated rings. The summed E-state index contributed by atoms with van der Waals surface area (Å²) < 4.78 is 5.69. The minimum atomic E-state index is -0.492. The summed E-state index contributed by atoms with van der Waals surface area (Å²) in [6.45, 7) is 7.05. The van der Waals surface area contributed by atoms with E-state index >= 15 is 0 Å². The third-order valence-electron chi connectivity index (χ3n) is 3.86. The third kappa shape index (κ3) is 4.20. The molecule has 2 atom stereocenters. The molecule has 4 nitrogen and oxygen atoms in total. The number of aryl methyl sites for hydroxylation is 2. The van der Waals surface area contributed by atoms with Gasteiger partial charge in [-0.05, 0) is 44.4 Å². The van der Waals surface area contributed by atoms with Gasteiger partial charge in [0.25, 0.3) is 0 Å². The van der Waals surface area contributed by atoms with Gasteiger partial charge in [0.2, 0.25) is 0 Å². The molecule has 2 rings (SSSR count). The fraction of sp³-hybridized carbons (Fsp3) is 0.625. The van der Waals surface area contributed by atoms with Crippen LogP contribution in [-0.4, -0.2) is 54.1 Å². The Hall–Kier alpha value is -1.10. The van der Waals surface area contributed by atoms with E-state index in [1.165, 1.54) is 5.56 Å². The van der Waals surface area contributed by atoms with Crippen molar-refractivity contribution in [2.75, 3.05) is 32.8 Å². The lowest BCUT2D eigenvalue weighted by Crippen LogP contribution is -2.34. The van der Waals surface area contributed by atoms with Gasteiger partial charge in [-0.2, -0.15) is 0 Å². The molecular weight excluding hydrogens is 254 g/mol. The Labute approximate surface area is 121 Å². The van der Waals surface area contributed by atoms with Crippen LogP contribution in [0.5, 0.6) is 5.75 Å². The van der Waals surface area contributed by atoms with Crippen molar-refractivity contribution in [3.8, 4) is 5.75 Å². The van der Waals surface area contributed by atoms with E-state index in [4.69, 9.17) is 9.84 Å². The molecule has 4 heteroatoms. The van der Waals surface area contributed by atoms with Gasteiger partial charge in [-0.1, -0.05) is 17.7 Å². The minimum absolute atomic E-state index is 0.242. The van der Waals surface area contributed by atoms with Crippen LogP contribution in [0.4, 0.5) is 0 Å². The average Bonchev–Trinajstić information content (AvgIpc) is 2.85. The Kier molecular flexibility index (Phi) is 5.40. The lowest BCUT2D eigenvalue weighted by molar-refractivity contribution is 0.0732. The second-order valence-corrected chi connectivity index (χ2v) is 5.83. The molecule has 0 spiro atoms. The van der Waals surface area contributed by atoms with E-state index in [1.54, 1.807) is 0 Å². The summed E-state index contributed by atoms with van der Waals surface area (Å²) in [5, 5.41) is 19.2. The van der Waals surface area contributed by atoms with Crippen molar-refractivity contribution in [1.29, 1.82) is 0 Å². The second kappa shape index (κ2) is 7.07. The van der Waals surface area contributed by atoms with E-state index in [0.29, 0.717) is 19.1 Å². The molecule has 20 heavy (non-hydrogen) atoms. The van der Waals surface area contributed by atoms with Crippen molar-refractivity contribution in [3.05, 3.63) is 29.3 Å². The zero-order chi connectivity index (χ0) is 14.5. The van der Waals surface area contributed by atoms with Gasteiger partial charge in [-0.25, -0.2) is 0 Å². The summed E-state index contributed by atoms with van der Waals surface area (Å²) in [5.41, 5.74) is 2.31. The summed E-state index contributed by atoms with van der Waals surface area (Å²) in [6, 6.07) is 6.05. The zero-order valence-electron chi connectivity index (χ0n) is 12.4. The van der Waals surface area contributed by atoms with Gasteiger partial charge in [-0.3, -0.25) is 0 Å². The Morgan fingerprint density at radius 3 is 2.85 bits per heavy atom. The summed E-state index contributed by atoms with van der Waals surface area (Å²) in [7, 11) is 0. The van der Waals surface area contributed by atoms with E-state index < -0.39 is 6.10 Å². The van der Waals surface area contributed by atoms with Crippen molar-refractivity contribution in [1.82, 2.24) is 4.90 Å². The monoisotopic (exact) mass is 279 g/mol. The maximum atomic E-state index is 10.0. The van der Waals surface area contributed by atoms with Crippen molar-refractivity contribution in [2.45, 2.75) is 26.4 Å². The first kappa shape index (κ1) is 15.3. The Morgan fingerprint density at radius 1 is 1.40 bits per heavy atom. The number of aliphatic hydroxyl groups is 2. The zero-order valence-corrected chi connectivity index (χ0v) is 12.4. The SMILES string of the molecule is Cc1ccc(OCC(O)CN2CCC(CO)C2)c(C)c1. The summed E-state index contributed by atoms with van der Waals surface area (Å²) in [5.74, 6) is 1.20. The molecule has 2 N–H and O–H groups in total. The summed E-state index contributed by atoms with van der Waals surface area (Å²) >= 11 is 0. The number of rotatable bonds is 6. The van der Waals surface area contributed by atoms with Gasteiger partial charge < -0.3 is 19.8 Å². The maximum absolute atomic E-state index is 10.0. The first-order valence-corrected chi connectivity index (χ1v) is 7.30. The Balaban J connectivity index is 1.76. The first-order valence-electron chi connectivity index (χ1n) is 7.30. The lowest BCUT2D eigenvalue weighted by atomic mass is 10.1. The number of hydrogen-bond donors (Lipinski definition) is 2. The van der Waals surface area contributed by atoms with Crippen LogP contribution in [0.15, 0.2) is 18.2 Å². The van der Waals surface area contributed by atoms with Crippen LogP contribution < -0.4 is 4.74 Å². The lowest BCUT2D eigenvalue weighted by Gasteiger charge is -2.20. The highest BCUT2D eigenvalue weighted by atomic mass is 16.5. The second-order valence-electron chi connectivity index (χ2n) is 5.83. The number of nitrogens with zero attached hydrogens (tertiary/aromatic N) is 1. The first-order chi connectivity index (χ1) is 9.58. The Bertz CT molecular complexity index is 436. The highest BCUT2D eigenvalue weighted by molar-refractivity contribution is 5.35. The molecule has 1 aromatic rings. The third-order valence-corrected chi connectivity index (χ3v) is 3.86. The molecule has 1 aliphatic rings. The van der Waals surface area contributed by atoms with Crippen LogP contribution in [0, 0.1) is 19.8 Å². The quantitative estimate of drug-likeness (QED) is 0.825. The molecule has 112 valence electrons. The van der Waals surface area contributed by atoms with Crippen LogP contribution in [-0.2, 0) is 0 Å². The van der Waals surface area contributed by atoms with Crippen LogP contribution in [0.3, 0.4) is 0 Å². The van der Waals surface area contributed by atoms with Crippen molar-refractivity contribution in [3.63, 3.8) is 0 Å². The summed E-state index contributed by atoms with van der Waals surface area (Å²) in [4.78, 5) is 2.19. The van der Waals surface area contributed by atoms with Gasteiger partial charge in [0.05, 0.1) is 0 Å². The van der Waals surface area contributed by atoms with E-state index in [2.05, 4.69) is 17.9 Å². The normalized spacial score (nSPS) is 21.1. The standard InChI is InChI=1S/C16H25NO3/c1-12-3-4-16(13(2)7-12)20-11-15(19)9-17-6-5-14(8-17)10-18/h3-4,7,14-15,18-19H,5-6,8-11H2,1-2H3. The van der Waals surface area contributed by atoms with Crippen LogP contribution in [0.2, 0.25) is 0 Å². The molecule has 0 saturated carbocycles. The Morgan fingerprint density at radius 2 is 2.20 bits per heavy atom. The van der Waals surface area contributed by atoms with E-state index in [1.807, 2.05) is 19.1 Å². The van der Waals surface area contributed by atoms with Crippen molar-refractivity contribution in [2.24, 2.45) is 5.92 Å². The topological polar surface area (TPSA) is 52.9 Å². The van der Waals surface area contributed by atoms with Crippen molar-refractivity contribution < 1.29 is 14.9 Å². The number of likely N-dealkylation sites (tertiary alicyclic amines) is 1. The van der Waals surface area contributed by atoms with Crippen LogP contribution >= 0.6 is 0 Å². The predicted octanol–water partition coefficient (Wildman–Crippen LogP) is 1.36. The minimum Gasteiger partial charge on any atom is -0.491 e. The molecule has 0 amide bonds. The molecule has 1 aliphatic heterocycles. The van der Waals surface area contributed by atoms with E-state index in [-0.39, 0.29) is 6.61 Å². The van der Waals surface area contributed by atoms with Gasteiger partial charge in [-0.15, -0.1) is 0 Å². The van der Waals surface area contributed by atoms with Crippen molar-refractivity contribution >= 4 is 0 Å². The average molecular weight is 279 g/mol. The summed E-state index contributed by atoms with van der Waals surface area (Å²) in [6.07, 6.45) is 0.523. The maximum Gasteiger partial charge on any atom is 0.122 e. The smallest absolute Gasteiger partial charge is 0.122 e. The number of aliphatic hydroxyl groups excluding tert-OH is 2. The van der Waals surface area contributed by atoms with Gasteiger partial charge in [0, 0.05) is 19.7 Å². The van der Waals surface area contributed by atoms with Gasteiger partial charge in [0.1, 0.15) is 18.5 Å². The predicted molar refractivity (Wildman–Crippen MR) is 79.1 cm³/mol. The molecule has 2 unspecified atom stereocenters. The number of hydrogen-bond acceptors (Lipinski definition) is 4. The van der Waals surface area contributed by atoms with Gasteiger partial charge >= 0.3 is 0 Å². The molecular formula is C16H25NO3. The fourth-order valence-electron chi connectivity index (χ4n) is 2.73. The van der Waals surface area contributed by atoms with E-state index in [9.17, 15) is 5.11 Å². The molecule has 0 bridgehead atoms. The van der Waals surface area contributed by atoms with Crippen LogP contribution in [0.1, 0.15) is 17.5 Å². The molecule has 1 heterocycles. The van der Waals surface area contributed by atoms with Gasteiger partial charge in [0.15, 0.2) is 0 Å². The fourth-order valence-corrected chi connectivity index (χ4v) is 2.73.